The van der Waals surface area contributed by atoms with Crippen LogP contribution in [-0.2, 0) is 0 Å². The molecule has 1 unspecified atom stereocenters. The Hall–Kier alpha value is -0.710. The van der Waals surface area contributed by atoms with Gasteiger partial charge >= 0.3 is 0 Å². The molecule has 1 atom stereocenters. The summed E-state index contributed by atoms with van der Waals surface area (Å²) in [6, 6.07) is 8.55. The number of nitrogens with one attached hydrogen (secondary N) is 1. The normalized spacial score (nSPS) is 19.2. The highest BCUT2D eigenvalue weighted by atomic mass is 32.2. The Morgan fingerprint density at radius 1 is 1.29 bits per heavy atom. The maximum Gasteiger partial charge on any atom is 0.118 e. The van der Waals surface area contributed by atoms with Crippen LogP contribution in [0, 0.1) is 0 Å². The van der Waals surface area contributed by atoms with Crippen LogP contribution in [0.5, 0.6) is 5.75 Å². The Morgan fingerprint density at radius 2 is 1.95 bits per heavy atom. The van der Waals surface area contributed by atoms with Crippen molar-refractivity contribution in [2.24, 2.45) is 0 Å². The quantitative estimate of drug-likeness (QED) is 0.810. The van der Waals surface area contributed by atoms with Gasteiger partial charge < -0.3 is 15.2 Å². The zero-order chi connectivity index (χ0) is 15.1. The minimum atomic E-state index is -0.524. The molecule has 2 N–H and O–H groups in total. The highest BCUT2D eigenvalue weighted by Gasteiger charge is 2.30. The Kier molecular flexibility index (Phi) is 6.40. The molecule has 4 heteroatoms. The van der Waals surface area contributed by atoms with E-state index in [-0.39, 0.29) is 0 Å². The number of hydrogen-bond donors (Lipinski definition) is 2. The lowest BCUT2D eigenvalue weighted by Gasteiger charge is -2.33. The van der Waals surface area contributed by atoms with E-state index >= 15 is 0 Å². The summed E-state index contributed by atoms with van der Waals surface area (Å²) in [5, 5.41) is 14.2. The maximum atomic E-state index is 10.6. The minimum absolute atomic E-state index is 0.305. The summed E-state index contributed by atoms with van der Waals surface area (Å²) in [5.41, 5.74) is 0.746. The molecule has 0 aromatic heterocycles. The molecule has 2 rings (SSSR count). The van der Waals surface area contributed by atoms with Gasteiger partial charge in [0.15, 0.2) is 0 Å². The van der Waals surface area contributed by atoms with E-state index in [1.54, 1.807) is 7.11 Å². The molecule has 0 spiro atoms. The van der Waals surface area contributed by atoms with Crippen LogP contribution in [0.25, 0.3) is 0 Å². The van der Waals surface area contributed by atoms with E-state index in [4.69, 9.17) is 4.74 Å². The fourth-order valence-corrected chi connectivity index (χ4v) is 4.01. The summed E-state index contributed by atoms with van der Waals surface area (Å²) in [6.07, 6.45) is 3.99. The van der Waals surface area contributed by atoms with E-state index in [9.17, 15) is 5.11 Å². The van der Waals surface area contributed by atoms with Crippen molar-refractivity contribution >= 4 is 11.8 Å². The Labute approximate surface area is 132 Å². The van der Waals surface area contributed by atoms with Gasteiger partial charge in [-0.2, -0.15) is 11.8 Å². The van der Waals surface area contributed by atoms with Crippen LogP contribution in [-0.4, -0.2) is 35.9 Å². The smallest absolute Gasteiger partial charge is 0.118 e. The first kappa shape index (κ1) is 16.7. The van der Waals surface area contributed by atoms with Gasteiger partial charge in [0.05, 0.1) is 12.7 Å². The molecule has 3 nitrogen and oxygen atoms in total. The topological polar surface area (TPSA) is 41.5 Å². The van der Waals surface area contributed by atoms with Crippen LogP contribution in [0.4, 0.5) is 0 Å². The molecule has 1 saturated heterocycles. The van der Waals surface area contributed by atoms with Gasteiger partial charge in [-0.1, -0.05) is 25.5 Å². The number of thioether (sulfide) groups is 1. The number of aliphatic hydroxyl groups is 1. The van der Waals surface area contributed by atoms with Crippen molar-refractivity contribution < 1.29 is 9.84 Å². The Morgan fingerprint density at radius 3 is 2.52 bits per heavy atom. The van der Waals surface area contributed by atoms with Gasteiger partial charge in [-0.25, -0.2) is 0 Å². The van der Waals surface area contributed by atoms with Gasteiger partial charge in [-0.3, -0.25) is 0 Å². The van der Waals surface area contributed by atoms with Crippen molar-refractivity contribution in [2.75, 3.05) is 25.2 Å². The van der Waals surface area contributed by atoms with E-state index in [1.807, 2.05) is 23.9 Å². The molecule has 21 heavy (non-hydrogen) atoms. The molecule has 0 aliphatic carbocycles. The summed E-state index contributed by atoms with van der Waals surface area (Å²) in [6.45, 7) is 2.88. The fraction of sp³-hybridized carbons (Fsp3) is 0.647. The van der Waals surface area contributed by atoms with Crippen molar-refractivity contribution in [3.63, 3.8) is 0 Å². The predicted molar refractivity (Wildman–Crippen MR) is 90.2 cm³/mol. The van der Waals surface area contributed by atoms with Gasteiger partial charge in [-0.05, 0) is 48.5 Å². The molecule has 1 fully saturated rings. The zero-order valence-electron chi connectivity index (χ0n) is 13.1. The first-order chi connectivity index (χ1) is 10.2. The van der Waals surface area contributed by atoms with E-state index in [1.165, 1.54) is 5.56 Å². The molecule has 0 radical (unpaired) electrons. The minimum Gasteiger partial charge on any atom is -0.497 e. The number of hydrogen-bond acceptors (Lipinski definition) is 4. The number of methoxy groups -OCH3 is 1. The second kappa shape index (κ2) is 8.06. The van der Waals surface area contributed by atoms with Gasteiger partial charge in [0.1, 0.15) is 5.75 Å². The van der Waals surface area contributed by atoms with Crippen LogP contribution >= 0.6 is 11.8 Å². The van der Waals surface area contributed by atoms with Gasteiger partial charge in [-0.15, -0.1) is 0 Å². The molecule has 0 amide bonds. The molecular weight excluding hydrogens is 282 g/mol. The monoisotopic (exact) mass is 309 g/mol. The second-order valence-electron chi connectivity index (χ2n) is 5.83. The molecule has 1 aliphatic heterocycles. The van der Waals surface area contributed by atoms with E-state index in [0.29, 0.717) is 12.6 Å². The van der Waals surface area contributed by atoms with E-state index in [2.05, 4.69) is 24.4 Å². The standard InChI is InChI=1S/C17H27NO2S/c1-3-4-16(14-5-7-15(20-2)8-6-14)18-13-17(19)9-11-21-12-10-17/h5-8,16,18-19H,3-4,9-13H2,1-2H3. The third-order valence-corrected chi connectivity index (χ3v) is 5.18. The molecular formula is C17H27NO2S. The van der Waals surface area contributed by atoms with Crippen LogP contribution in [0.3, 0.4) is 0 Å². The molecule has 118 valence electrons. The number of rotatable bonds is 7. The highest BCUT2D eigenvalue weighted by molar-refractivity contribution is 7.99. The van der Waals surface area contributed by atoms with Gasteiger partial charge in [0.25, 0.3) is 0 Å². The predicted octanol–water partition coefficient (Wildman–Crippen LogP) is 3.38. The third-order valence-electron chi connectivity index (χ3n) is 4.20. The van der Waals surface area contributed by atoms with Gasteiger partial charge in [0, 0.05) is 12.6 Å². The molecule has 0 bridgehead atoms. The zero-order valence-corrected chi connectivity index (χ0v) is 13.9. The Balaban J connectivity index is 1.97. The first-order valence-corrected chi connectivity index (χ1v) is 9.00. The lowest BCUT2D eigenvalue weighted by molar-refractivity contribution is 0.0292. The second-order valence-corrected chi connectivity index (χ2v) is 7.06. The summed E-state index contributed by atoms with van der Waals surface area (Å²) >= 11 is 1.94. The fourth-order valence-electron chi connectivity index (χ4n) is 2.75. The maximum absolute atomic E-state index is 10.6. The Bertz CT molecular complexity index is 415. The molecule has 1 aromatic rings. The average Bonchev–Trinajstić information content (AvgIpc) is 2.52. The largest absolute Gasteiger partial charge is 0.497 e. The van der Waals surface area contributed by atoms with Crippen molar-refractivity contribution in [3.05, 3.63) is 29.8 Å². The molecule has 1 aliphatic rings. The first-order valence-electron chi connectivity index (χ1n) is 7.84. The van der Waals surface area contributed by atoms with Crippen molar-refractivity contribution in [1.29, 1.82) is 0 Å². The average molecular weight is 309 g/mol. The van der Waals surface area contributed by atoms with Crippen LogP contribution < -0.4 is 10.1 Å². The summed E-state index contributed by atoms with van der Waals surface area (Å²) in [4.78, 5) is 0. The SMILES string of the molecule is CCCC(NCC1(O)CCSCC1)c1ccc(OC)cc1. The van der Waals surface area contributed by atoms with Crippen LogP contribution in [0.15, 0.2) is 24.3 Å². The van der Waals surface area contributed by atoms with Crippen molar-refractivity contribution in [1.82, 2.24) is 5.32 Å². The van der Waals surface area contributed by atoms with Gasteiger partial charge in [0.2, 0.25) is 0 Å². The van der Waals surface area contributed by atoms with E-state index < -0.39 is 5.60 Å². The highest BCUT2D eigenvalue weighted by Crippen LogP contribution is 2.28. The third kappa shape index (κ3) is 4.90. The van der Waals surface area contributed by atoms with E-state index in [0.717, 1.165) is 42.9 Å². The summed E-state index contributed by atoms with van der Waals surface area (Å²) in [7, 11) is 1.69. The summed E-state index contributed by atoms with van der Waals surface area (Å²) < 4.78 is 5.22. The lowest BCUT2D eigenvalue weighted by atomic mass is 9.95. The molecule has 0 saturated carbocycles. The molecule has 1 aromatic carbocycles. The number of benzene rings is 1. The number of ether oxygens (including phenoxy) is 1. The molecule has 1 heterocycles. The van der Waals surface area contributed by atoms with Crippen molar-refractivity contribution in [2.45, 2.75) is 44.2 Å². The lowest BCUT2D eigenvalue weighted by Crippen LogP contribution is -2.44. The summed E-state index contributed by atoms with van der Waals surface area (Å²) in [5.74, 6) is 3.02. The van der Waals surface area contributed by atoms with Crippen LogP contribution in [0.1, 0.15) is 44.2 Å². The van der Waals surface area contributed by atoms with Crippen LogP contribution in [0.2, 0.25) is 0 Å². The van der Waals surface area contributed by atoms with Crippen molar-refractivity contribution in [3.8, 4) is 5.75 Å².